The van der Waals surface area contributed by atoms with Gasteiger partial charge in [0.25, 0.3) is 0 Å². The van der Waals surface area contributed by atoms with Crippen LogP contribution < -0.4 is 21.4 Å². The molecule has 0 fully saturated rings. The van der Waals surface area contributed by atoms with Gasteiger partial charge in [0.15, 0.2) is 0 Å². The van der Waals surface area contributed by atoms with Gasteiger partial charge in [0, 0.05) is 35.0 Å². The first-order chi connectivity index (χ1) is 9.75. The fraction of sp³-hybridized carbons (Fsp3) is 0. The molecule has 11 heteroatoms. The van der Waals surface area contributed by atoms with Crippen LogP contribution in [-0.4, -0.2) is 29.9 Å². The number of fused-ring (bicyclic) bond motifs is 2. The minimum atomic E-state index is 0. The number of rotatable bonds is 0. The number of hydrogen-bond donors (Lipinski definition) is 2. The number of nitrogens with zero attached hydrogens (tertiary/aromatic N) is 8. The molecule has 10 nitrogen and oxygen atoms in total. The van der Waals surface area contributed by atoms with Gasteiger partial charge in [0.1, 0.15) is 11.6 Å². The van der Waals surface area contributed by atoms with Gasteiger partial charge < -0.3 is 41.4 Å². The number of anilines is 2. The summed E-state index contributed by atoms with van der Waals surface area (Å²) in [7, 11) is 0. The molecule has 0 spiro atoms. The van der Waals surface area contributed by atoms with Crippen molar-refractivity contribution in [3.63, 3.8) is 0 Å². The first kappa shape index (κ1) is 14.8. The Balaban J connectivity index is 0.000000147. The predicted molar refractivity (Wildman–Crippen MR) is 70.1 cm³/mol. The topological polar surface area (TPSA) is 158 Å². The summed E-state index contributed by atoms with van der Waals surface area (Å²) in [6.07, 6.45) is 5.56. The van der Waals surface area contributed by atoms with E-state index in [1.807, 2.05) is 0 Å². The van der Waals surface area contributed by atoms with E-state index < -0.39 is 0 Å². The smallest absolute Gasteiger partial charge is 0.383 e. The van der Waals surface area contributed by atoms with Crippen molar-refractivity contribution >= 4 is 34.0 Å². The maximum atomic E-state index is 5.45. The summed E-state index contributed by atoms with van der Waals surface area (Å²) >= 11 is 0. The summed E-state index contributed by atoms with van der Waals surface area (Å²) in [4.78, 5) is 30.6. The summed E-state index contributed by atoms with van der Waals surface area (Å²) in [5.41, 5.74) is 13.1. The van der Waals surface area contributed by atoms with Gasteiger partial charge in [0.05, 0.1) is 0 Å². The van der Waals surface area contributed by atoms with E-state index in [0.717, 1.165) is 0 Å². The summed E-state index contributed by atoms with van der Waals surface area (Å²) in [5.74, 6) is 0.755. The Labute approximate surface area is 133 Å². The molecule has 0 bridgehead atoms. The predicted octanol–water partition coefficient (Wildman–Crippen LogP) is -0.874. The Bertz CT molecular complexity index is 781. The number of nitrogens with two attached hydrogens (primary N) is 2. The molecule has 0 radical (unpaired) electrons. The molecule has 21 heavy (non-hydrogen) atoms. The van der Waals surface area contributed by atoms with Crippen LogP contribution in [0.1, 0.15) is 0 Å². The van der Waals surface area contributed by atoms with Gasteiger partial charge >= 0.3 is 22.4 Å². The van der Waals surface area contributed by atoms with E-state index >= 15 is 0 Å². The van der Waals surface area contributed by atoms with Crippen molar-refractivity contribution in [3.8, 4) is 0 Å². The van der Waals surface area contributed by atoms with Crippen molar-refractivity contribution in [3.05, 3.63) is 25.3 Å². The molecule has 0 unspecified atom stereocenters. The molecule has 4 N–H and O–H groups in total. The van der Waals surface area contributed by atoms with Crippen LogP contribution in [0.25, 0.3) is 22.3 Å². The monoisotopic (exact) mass is 465 g/mol. The molecule has 0 amide bonds. The molecule has 4 rings (SSSR count). The zero-order valence-electron chi connectivity index (χ0n) is 10.3. The summed E-state index contributed by atoms with van der Waals surface area (Å²) in [6.45, 7) is 0. The SMILES string of the molecule is Nc1ncnc2[n-]cnc12.Nc1ncnc2[n-]cnc12.[Au+3]. The third-order valence-electron chi connectivity index (χ3n) is 2.40. The zero-order valence-corrected chi connectivity index (χ0v) is 12.5. The minimum Gasteiger partial charge on any atom is -0.383 e. The molecule has 0 aliphatic heterocycles. The van der Waals surface area contributed by atoms with Crippen molar-refractivity contribution < 1.29 is 22.4 Å². The average molecular weight is 465 g/mol. The third-order valence-corrected chi connectivity index (χ3v) is 2.40. The Morgan fingerprint density at radius 3 is 1.48 bits per heavy atom. The first-order valence-electron chi connectivity index (χ1n) is 5.43. The van der Waals surface area contributed by atoms with Crippen molar-refractivity contribution in [1.29, 1.82) is 0 Å². The van der Waals surface area contributed by atoms with Crippen molar-refractivity contribution in [2.75, 3.05) is 11.5 Å². The molecule has 4 heterocycles. The van der Waals surface area contributed by atoms with Gasteiger partial charge in [-0.25, -0.2) is 9.97 Å². The second-order valence-electron chi connectivity index (χ2n) is 3.61. The summed E-state index contributed by atoms with van der Waals surface area (Å²) in [5, 5.41) is 0. The summed E-state index contributed by atoms with van der Waals surface area (Å²) in [6, 6.07) is 0. The van der Waals surface area contributed by atoms with E-state index in [1.165, 1.54) is 25.3 Å². The molecule has 4 aromatic heterocycles. The Morgan fingerprint density at radius 2 is 1.10 bits per heavy atom. The second kappa shape index (κ2) is 6.26. The van der Waals surface area contributed by atoms with E-state index in [2.05, 4.69) is 39.9 Å². The van der Waals surface area contributed by atoms with Crippen LogP contribution in [0.3, 0.4) is 0 Å². The molecule has 0 saturated carbocycles. The van der Waals surface area contributed by atoms with E-state index in [4.69, 9.17) is 11.5 Å². The first-order valence-corrected chi connectivity index (χ1v) is 5.43. The van der Waals surface area contributed by atoms with Crippen LogP contribution >= 0.6 is 0 Å². The van der Waals surface area contributed by atoms with Gasteiger partial charge in [-0.3, -0.25) is 0 Å². The minimum absolute atomic E-state index is 0. The molecule has 4 aromatic rings. The van der Waals surface area contributed by atoms with Gasteiger partial charge in [-0.05, 0) is 12.7 Å². The van der Waals surface area contributed by atoms with Gasteiger partial charge in [-0.15, -0.1) is 0 Å². The van der Waals surface area contributed by atoms with Crippen LogP contribution in [0, 0.1) is 0 Å². The van der Waals surface area contributed by atoms with Gasteiger partial charge in [0.2, 0.25) is 0 Å². The number of aromatic nitrogens is 8. The van der Waals surface area contributed by atoms with E-state index in [-0.39, 0.29) is 22.4 Å². The standard InChI is InChI=1S/2C5H4N5.Au/c2*6-4-3-5(9-1-7-3)10-2-8-4;/h2*1-2H,(H2-,6,7,8,9,10);/q2*-1;+3. The molecule has 0 aliphatic carbocycles. The van der Waals surface area contributed by atoms with Gasteiger partial charge in [-0.1, -0.05) is 0 Å². The summed E-state index contributed by atoms with van der Waals surface area (Å²) < 4.78 is 0. The molecule has 0 atom stereocenters. The normalized spacial score (nSPS) is 9.90. The van der Waals surface area contributed by atoms with E-state index in [1.54, 1.807) is 0 Å². The molecule has 0 saturated heterocycles. The average Bonchev–Trinajstić information content (AvgIpc) is 3.08. The molecular formula is C10H8AuN10+. The quantitative estimate of drug-likeness (QED) is 0.313. The van der Waals surface area contributed by atoms with Crippen molar-refractivity contribution in [2.45, 2.75) is 0 Å². The maximum absolute atomic E-state index is 5.45. The van der Waals surface area contributed by atoms with Crippen LogP contribution in [0.5, 0.6) is 0 Å². The molecule has 0 aliphatic rings. The number of nitrogen functional groups attached to an aromatic ring is 2. The van der Waals surface area contributed by atoms with Gasteiger partial charge in [-0.2, -0.15) is 0 Å². The van der Waals surface area contributed by atoms with Crippen molar-refractivity contribution in [1.82, 2.24) is 39.9 Å². The number of imidazole rings is 2. The molecular weight excluding hydrogens is 457 g/mol. The maximum Gasteiger partial charge on any atom is 3.00 e. The van der Waals surface area contributed by atoms with E-state index in [0.29, 0.717) is 34.0 Å². The van der Waals surface area contributed by atoms with E-state index in [9.17, 15) is 0 Å². The van der Waals surface area contributed by atoms with Crippen LogP contribution in [0.2, 0.25) is 0 Å². The van der Waals surface area contributed by atoms with Crippen LogP contribution in [0.15, 0.2) is 25.3 Å². The Kier molecular flexibility index (Phi) is 4.42. The third kappa shape index (κ3) is 2.97. The van der Waals surface area contributed by atoms with Crippen molar-refractivity contribution in [2.24, 2.45) is 0 Å². The number of hydrogen-bond acceptors (Lipinski definition) is 8. The largest absolute Gasteiger partial charge is 3.00 e. The Hall–Kier alpha value is -2.56. The zero-order chi connectivity index (χ0) is 13.9. The fourth-order valence-electron chi connectivity index (χ4n) is 1.48. The van der Waals surface area contributed by atoms with Crippen LogP contribution in [0.4, 0.5) is 11.6 Å². The Morgan fingerprint density at radius 1 is 0.667 bits per heavy atom. The molecule has 0 aromatic carbocycles. The molecule has 108 valence electrons. The fourth-order valence-corrected chi connectivity index (χ4v) is 1.48. The van der Waals surface area contributed by atoms with Crippen LogP contribution in [-0.2, 0) is 22.4 Å². The second-order valence-corrected chi connectivity index (χ2v) is 3.61.